The van der Waals surface area contributed by atoms with Crippen LogP contribution in [0, 0.1) is 0 Å². The summed E-state index contributed by atoms with van der Waals surface area (Å²) >= 11 is 0. The summed E-state index contributed by atoms with van der Waals surface area (Å²) < 4.78 is 0. The highest BCUT2D eigenvalue weighted by Crippen LogP contribution is 2.51. The van der Waals surface area contributed by atoms with Crippen molar-refractivity contribution in [1.82, 2.24) is 0 Å². The Balaban J connectivity index is 0.000000495. The van der Waals surface area contributed by atoms with Gasteiger partial charge in [0, 0.05) is 5.41 Å². The third-order valence-electron chi connectivity index (χ3n) is 5.43. The lowest BCUT2D eigenvalue weighted by Gasteiger charge is -2.21. The lowest BCUT2D eigenvalue weighted by Crippen LogP contribution is -2.14. The van der Waals surface area contributed by atoms with Crippen molar-refractivity contribution in [2.75, 3.05) is 0 Å². The van der Waals surface area contributed by atoms with Crippen molar-refractivity contribution in [1.29, 1.82) is 0 Å². The number of hydrogen-bond donors (Lipinski definition) is 0. The Morgan fingerprint density at radius 1 is 0.556 bits per heavy atom. The fraction of sp³-hybridized carbons (Fsp3) is 0.259. The van der Waals surface area contributed by atoms with Gasteiger partial charge in [0.15, 0.2) is 0 Å². The number of benzene rings is 4. The van der Waals surface area contributed by atoms with Gasteiger partial charge in [-0.2, -0.15) is 0 Å². The fourth-order valence-electron chi connectivity index (χ4n) is 4.22. The Bertz CT molecular complexity index is 1080. The summed E-state index contributed by atoms with van der Waals surface area (Å²) in [5.74, 6) is 0. The second-order valence-corrected chi connectivity index (χ2v) is 7.08. The van der Waals surface area contributed by atoms with Gasteiger partial charge in [-0.1, -0.05) is 102 Å². The van der Waals surface area contributed by atoms with Crippen molar-refractivity contribution in [3.63, 3.8) is 0 Å². The molecule has 0 saturated carbocycles. The van der Waals surface area contributed by atoms with Gasteiger partial charge >= 0.3 is 0 Å². The van der Waals surface area contributed by atoms with Crippen LogP contribution < -0.4 is 0 Å². The topological polar surface area (TPSA) is 0 Å². The van der Waals surface area contributed by atoms with Gasteiger partial charge in [0.1, 0.15) is 0 Å². The molecule has 0 fully saturated rings. The molecule has 0 heterocycles. The van der Waals surface area contributed by atoms with E-state index < -0.39 is 0 Å². The minimum Gasteiger partial charge on any atom is -0.0683 e. The maximum atomic E-state index is 2.36. The van der Waals surface area contributed by atoms with Crippen LogP contribution >= 0.6 is 0 Å². The molecule has 0 radical (unpaired) electrons. The third kappa shape index (κ3) is 2.94. The molecule has 138 valence electrons. The Labute approximate surface area is 163 Å². The molecule has 4 aromatic rings. The van der Waals surface area contributed by atoms with Gasteiger partial charge in [-0.25, -0.2) is 0 Å². The lowest BCUT2D eigenvalue weighted by molar-refractivity contribution is 0.661. The molecule has 4 aromatic carbocycles. The summed E-state index contributed by atoms with van der Waals surface area (Å²) in [5, 5.41) is 5.33. The van der Waals surface area contributed by atoms with Gasteiger partial charge in [-0.3, -0.25) is 0 Å². The van der Waals surface area contributed by atoms with Crippen LogP contribution in [0.15, 0.2) is 72.8 Å². The van der Waals surface area contributed by atoms with E-state index in [0.29, 0.717) is 0 Å². The Kier molecular flexibility index (Phi) is 5.37. The largest absolute Gasteiger partial charge is 0.0683 e. The molecule has 0 heteroatoms. The zero-order chi connectivity index (χ0) is 19.6. The molecule has 0 atom stereocenters. The Morgan fingerprint density at radius 3 is 1.85 bits per heavy atom. The second-order valence-electron chi connectivity index (χ2n) is 7.08. The molecule has 0 N–H and O–H groups in total. The lowest BCUT2D eigenvalue weighted by atomic mass is 9.82. The van der Waals surface area contributed by atoms with E-state index in [9.17, 15) is 0 Å². The molecule has 0 unspecified atom stereocenters. The zero-order valence-corrected chi connectivity index (χ0v) is 17.4. The Morgan fingerprint density at radius 2 is 1.15 bits per heavy atom. The van der Waals surface area contributed by atoms with Gasteiger partial charge in [-0.05, 0) is 55.9 Å². The molecule has 0 saturated heterocycles. The van der Waals surface area contributed by atoms with Crippen molar-refractivity contribution < 1.29 is 0 Å². The summed E-state index contributed by atoms with van der Waals surface area (Å²) in [4.78, 5) is 0. The molecular weight excluding hydrogens is 324 g/mol. The average Bonchev–Trinajstić information content (AvgIpc) is 2.97. The quantitative estimate of drug-likeness (QED) is 0.278. The van der Waals surface area contributed by atoms with Crippen molar-refractivity contribution in [2.24, 2.45) is 0 Å². The minimum atomic E-state index is 0.0752. The average molecular weight is 355 g/mol. The molecular formula is C27H30. The van der Waals surface area contributed by atoms with Gasteiger partial charge in [0.25, 0.3) is 0 Å². The summed E-state index contributed by atoms with van der Waals surface area (Å²) in [6.45, 7) is 12.7. The van der Waals surface area contributed by atoms with Crippen LogP contribution in [0.1, 0.15) is 52.7 Å². The van der Waals surface area contributed by atoms with E-state index >= 15 is 0 Å². The number of rotatable bonds is 0. The second kappa shape index (κ2) is 7.56. The predicted molar refractivity (Wildman–Crippen MR) is 122 cm³/mol. The minimum absolute atomic E-state index is 0.0752. The summed E-state index contributed by atoms with van der Waals surface area (Å²) in [5.41, 5.74) is 5.78. The fourth-order valence-corrected chi connectivity index (χ4v) is 4.22. The van der Waals surface area contributed by atoms with Gasteiger partial charge in [0.05, 0.1) is 0 Å². The van der Waals surface area contributed by atoms with E-state index in [2.05, 4.69) is 86.6 Å². The molecule has 0 aliphatic heterocycles. The SMILES string of the molecule is CC.CC.CC1(C)c2ccccc2-c2c1ccc1cc3ccccc3cc21. The van der Waals surface area contributed by atoms with Crippen LogP contribution in [0.5, 0.6) is 0 Å². The molecule has 1 aliphatic carbocycles. The highest BCUT2D eigenvalue weighted by Gasteiger charge is 2.35. The van der Waals surface area contributed by atoms with Gasteiger partial charge in [-0.15, -0.1) is 0 Å². The van der Waals surface area contributed by atoms with Gasteiger partial charge < -0.3 is 0 Å². The standard InChI is InChI=1S/C23H18.2C2H6/c1-23(2)20-10-6-5-9-18(20)22-19-14-16-8-4-3-7-15(16)13-17(19)11-12-21(22)23;2*1-2/h3-14H,1-2H3;2*1-2H3. The van der Waals surface area contributed by atoms with Crippen LogP contribution in [0.3, 0.4) is 0 Å². The maximum Gasteiger partial charge on any atom is 0.0159 e. The molecule has 0 nitrogen and oxygen atoms in total. The van der Waals surface area contributed by atoms with E-state index in [0.717, 1.165) is 0 Å². The molecule has 0 spiro atoms. The summed E-state index contributed by atoms with van der Waals surface area (Å²) in [6.07, 6.45) is 0. The monoisotopic (exact) mass is 354 g/mol. The van der Waals surface area contributed by atoms with E-state index in [1.54, 1.807) is 0 Å². The maximum absolute atomic E-state index is 2.36. The smallest absolute Gasteiger partial charge is 0.0159 e. The summed E-state index contributed by atoms with van der Waals surface area (Å²) in [7, 11) is 0. The first kappa shape index (κ1) is 19.2. The van der Waals surface area contributed by atoms with E-state index in [1.807, 2.05) is 27.7 Å². The van der Waals surface area contributed by atoms with Crippen molar-refractivity contribution in [3.8, 4) is 11.1 Å². The first-order chi connectivity index (χ1) is 13.2. The predicted octanol–water partition coefficient (Wildman–Crippen LogP) is 8.35. The van der Waals surface area contributed by atoms with Crippen LogP contribution in [0.25, 0.3) is 32.7 Å². The van der Waals surface area contributed by atoms with E-state index in [1.165, 1.54) is 43.8 Å². The number of hydrogen-bond acceptors (Lipinski definition) is 0. The van der Waals surface area contributed by atoms with Gasteiger partial charge in [0.2, 0.25) is 0 Å². The third-order valence-corrected chi connectivity index (χ3v) is 5.43. The molecule has 5 rings (SSSR count). The molecule has 0 aromatic heterocycles. The normalized spacial score (nSPS) is 13.1. The highest BCUT2D eigenvalue weighted by molar-refractivity contribution is 6.08. The van der Waals surface area contributed by atoms with E-state index in [-0.39, 0.29) is 5.41 Å². The molecule has 0 amide bonds. The van der Waals surface area contributed by atoms with Crippen LogP contribution in [0.4, 0.5) is 0 Å². The summed E-state index contributed by atoms with van der Waals surface area (Å²) in [6, 6.07) is 26.8. The van der Waals surface area contributed by atoms with Crippen molar-refractivity contribution in [2.45, 2.75) is 47.0 Å². The van der Waals surface area contributed by atoms with Crippen molar-refractivity contribution in [3.05, 3.63) is 83.9 Å². The molecule has 27 heavy (non-hydrogen) atoms. The molecule has 1 aliphatic rings. The highest BCUT2D eigenvalue weighted by atomic mass is 14.4. The first-order valence-electron chi connectivity index (χ1n) is 10.2. The zero-order valence-electron chi connectivity index (χ0n) is 17.4. The van der Waals surface area contributed by atoms with Crippen molar-refractivity contribution >= 4 is 21.5 Å². The van der Waals surface area contributed by atoms with E-state index in [4.69, 9.17) is 0 Å². The Hall–Kier alpha value is -2.60. The number of fused-ring (bicyclic) bond motifs is 6. The van der Waals surface area contributed by atoms with Crippen LogP contribution in [0.2, 0.25) is 0 Å². The van der Waals surface area contributed by atoms with Crippen LogP contribution in [-0.2, 0) is 5.41 Å². The van der Waals surface area contributed by atoms with Crippen LogP contribution in [-0.4, -0.2) is 0 Å². The molecule has 0 bridgehead atoms. The first-order valence-corrected chi connectivity index (χ1v) is 10.2.